The number of aryl methyl sites for hydroxylation is 1. The molecule has 0 amide bonds. The molecule has 94 valence electrons. The quantitative estimate of drug-likeness (QED) is 0.792. The van der Waals surface area contributed by atoms with Crippen LogP contribution in [0.2, 0.25) is 0 Å². The zero-order valence-electron chi connectivity index (χ0n) is 10.4. The van der Waals surface area contributed by atoms with Gasteiger partial charge in [0.05, 0.1) is 0 Å². The van der Waals surface area contributed by atoms with E-state index in [4.69, 9.17) is 4.74 Å². The molecule has 3 heteroatoms. The molecule has 0 unspecified atom stereocenters. The van der Waals surface area contributed by atoms with E-state index in [1.54, 1.807) is 12.3 Å². The minimum Gasteiger partial charge on any atom is -0.472 e. The van der Waals surface area contributed by atoms with Crippen molar-refractivity contribution >= 4 is 0 Å². The summed E-state index contributed by atoms with van der Waals surface area (Å²) in [6, 6.07) is 1.55. The Labute approximate surface area is 102 Å². The van der Waals surface area contributed by atoms with E-state index in [0.29, 0.717) is 0 Å². The predicted octanol–water partition coefficient (Wildman–Crippen LogP) is 3.88. The van der Waals surface area contributed by atoms with Crippen molar-refractivity contribution in [1.82, 2.24) is 4.98 Å². The maximum absolute atomic E-state index is 13.7. The molecule has 0 spiro atoms. The zero-order chi connectivity index (χ0) is 12.1. The van der Waals surface area contributed by atoms with Crippen LogP contribution in [0.3, 0.4) is 0 Å². The summed E-state index contributed by atoms with van der Waals surface area (Å²) in [6.45, 7) is 2.07. The highest BCUT2D eigenvalue weighted by Crippen LogP contribution is 2.24. The average molecular weight is 237 g/mol. The molecule has 0 N–H and O–H groups in total. The Hall–Kier alpha value is -1.12. The van der Waals surface area contributed by atoms with Crippen LogP contribution in [0.25, 0.3) is 0 Å². The van der Waals surface area contributed by atoms with E-state index in [9.17, 15) is 4.39 Å². The van der Waals surface area contributed by atoms with Crippen molar-refractivity contribution in [2.24, 2.45) is 0 Å². The molecule has 2 nitrogen and oxygen atoms in total. The van der Waals surface area contributed by atoms with Gasteiger partial charge in [-0.1, -0.05) is 19.8 Å². The van der Waals surface area contributed by atoms with Gasteiger partial charge in [0.2, 0.25) is 0 Å². The molecular formula is C14H20FNO. The highest BCUT2D eigenvalue weighted by Gasteiger charge is 2.17. The zero-order valence-corrected chi connectivity index (χ0v) is 10.4. The number of rotatable bonds is 4. The van der Waals surface area contributed by atoms with Crippen molar-refractivity contribution in [3.8, 4) is 5.88 Å². The third-order valence-electron chi connectivity index (χ3n) is 3.23. The average Bonchev–Trinajstić information content (AvgIpc) is 2.34. The second kappa shape index (κ2) is 5.99. The number of pyridine rings is 1. The molecule has 0 saturated heterocycles. The number of halogens is 1. The van der Waals surface area contributed by atoms with E-state index in [1.807, 2.05) is 0 Å². The number of aromatic nitrogens is 1. The predicted molar refractivity (Wildman–Crippen MR) is 65.7 cm³/mol. The summed E-state index contributed by atoms with van der Waals surface area (Å²) in [5, 5.41) is 0. The Morgan fingerprint density at radius 2 is 2.12 bits per heavy atom. The smallest absolute Gasteiger partial charge is 0.250 e. The first-order valence-corrected chi connectivity index (χ1v) is 6.60. The molecular weight excluding hydrogens is 217 g/mol. The number of hydrogen-bond acceptors (Lipinski definition) is 2. The molecule has 1 aliphatic rings. The van der Waals surface area contributed by atoms with Gasteiger partial charge in [0.1, 0.15) is 6.10 Å². The Balaban J connectivity index is 2.00. The van der Waals surface area contributed by atoms with Crippen LogP contribution in [0.5, 0.6) is 5.88 Å². The van der Waals surface area contributed by atoms with E-state index in [0.717, 1.165) is 31.2 Å². The first-order valence-electron chi connectivity index (χ1n) is 6.60. The van der Waals surface area contributed by atoms with Crippen molar-refractivity contribution in [2.75, 3.05) is 0 Å². The molecule has 1 aliphatic carbocycles. The molecule has 1 aromatic rings. The lowest BCUT2D eigenvalue weighted by Crippen LogP contribution is -2.20. The molecule has 0 aliphatic heterocycles. The lowest BCUT2D eigenvalue weighted by Gasteiger charge is -2.22. The third-order valence-corrected chi connectivity index (χ3v) is 3.23. The van der Waals surface area contributed by atoms with Gasteiger partial charge in [-0.15, -0.1) is 0 Å². The molecule has 1 fully saturated rings. The van der Waals surface area contributed by atoms with Crippen molar-refractivity contribution in [3.05, 3.63) is 23.6 Å². The fourth-order valence-corrected chi connectivity index (χ4v) is 2.32. The maximum atomic E-state index is 13.7. The number of ether oxygens (including phenoxy) is 1. The van der Waals surface area contributed by atoms with Crippen LogP contribution in [-0.2, 0) is 6.42 Å². The van der Waals surface area contributed by atoms with E-state index in [2.05, 4.69) is 11.9 Å². The van der Waals surface area contributed by atoms with Crippen molar-refractivity contribution in [2.45, 2.75) is 58.0 Å². The summed E-state index contributed by atoms with van der Waals surface area (Å²) >= 11 is 0. The minimum atomic E-state index is -0.318. The van der Waals surface area contributed by atoms with E-state index < -0.39 is 0 Å². The van der Waals surface area contributed by atoms with Gasteiger partial charge in [0.25, 0.3) is 5.88 Å². The van der Waals surface area contributed by atoms with Gasteiger partial charge in [0.15, 0.2) is 5.82 Å². The summed E-state index contributed by atoms with van der Waals surface area (Å²) in [4.78, 5) is 4.09. The Kier molecular flexibility index (Phi) is 4.35. The SMILES string of the molecule is CCCc1cnc(OC2CCCCC2)c(F)c1. The van der Waals surface area contributed by atoms with Gasteiger partial charge < -0.3 is 4.74 Å². The van der Waals surface area contributed by atoms with Crippen LogP contribution in [0.1, 0.15) is 51.0 Å². The van der Waals surface area contributed by atoms with Gasteiger partial charge in [-0.25, -0.2) is 9.37 Å². The minimum absolute atomic E-state index is 0.155. The van der Waals surface area contributed by atoms with Gasteiger partial charge in [0, 0.05) is 6.20 Å². The Bertz CT molecular complexity index is 361. The van der Waals surface area contributed by atoms with E-state index >= 15 is 0 Å². The molecule has 1 saturated carbocycles. The van der Waals surface area contributed by atoms with Gasteiger partial charge >= 0.3 is 0 Å². The van der Waals surface area contributed by atoms with Crippen molar-refractivity contribution in [3.63, 3.8) is 0 Å². The molecule has 0 radical (unpaired) electrons. The van der Waals surface area contributed by atoms with E-state index in [1.165, 1.54) is 19.3 Å². The lowest BCUT2D eigenvalue weighted by atomic mass is 9.98. The fraction of sp³-hybridized carbons (Fsp3) is 0.643. The Morgan fingerprint density at radius 1 is 1.35 bits per heavy atom. The number of hydrogen-bond donors (Lipinski definition) is 0. The summed E-state index contributed by atoms with van der Waals surface area (Å²) in [5.41, 5.74) is 0.945. The second-order valence-electron chi connectivity index (χ2n) is 4.76. The van der Waals surface area contributed by atoms with Crippen molar-refractivity contribution < 1.29 is 9.13 Å². The number of nitrogens with zero attached hydrogens (tertiary/aromatic N) is 1. The van der Waals surface area contributed by atoms with Crippen LogP contribution in [0, 0.1) is 5.82 Å². The molecule has 2 rings (SSSR count). The molecule has 1 aromatic heterocycles. The summed E-state index contributed by atoms with van der Waals surface area (Å²) in [5.74, 6) is -0.140. The summed E-state index contributed by atoms with van der Waals surface area (Å²) in [7, 11) is 0. The summed E-state index contributed by atoms with van der Waals surface area (Å²) < 4.78 is 19.4. The normalized spacial score (nSPS) is 17.1. The lowest BCUT2D eigenvalue weighted by molar-refractivity contribution is 0.142. The van der Waals surface area contributed by atoms with Crippen LogP contribution >= 0.6 is 0 Å². The van der Waals surface area contributed by atoms with E-state index in [-0.39, 0.29) is 17.8 Å². The Morgan fingerprint density at radius 3 is 2.76 bits per heavy atom. The second-order valence-corrected chi connectivity index (χ2v) is 4.76. The van der Waals surface area contributed by atoms with Crippen LogP contribution in [-0.4, -0.2) is 11.1 Å². The molecule has 0 bridgehead atoms. The standard InChI is InChI=1S/C14H20FNO/c1-2-6-11-9-13(15)14(16-10-11)17-12-7-4-3-5-8-12/h9-10,12H,2-8H2,1H3. The van der Waals surface area contributed by atoms with Gasteiger partial charge in [-0.2, -0.15) is 0 Å². The third kappa shape index (κ3) is 3.42. The highest BCUT2D eigenvalue weighted by atomic mass is 19.1. The fourth-order valence-electron chi connectivity index (χ4n) is 2.32. The topological polar surface area (TPSA) is 22.1 Å². The first-order chi connectivity index (χ1) is 8.29. The molecule has 0 aromatic carbocycles. The van der Waals surface area contributed by atoms with Crippen LogP contribution in [0.4, 0.5) is 4.39 Å². The van der Waals surface area contributed by atoms with Gasteiger partial charge in [-0.05, 0) is 43.7 Å². The maximum Gasteiger partial charge on any atom is 0.250 e. The molecule has 1 heterocycles. The molecule has 17 heavy (non-hydrogen) atoms. The first kappa shape index (κ1) is 12.3. The van der Waals surface area contributed by atoms with Crippen molar-refractivity contribution in [1.29, 1.82) is 0 Å². The highest BCUT2D eigenvalue weighted by molar-refractivity contribution is 5.20. The van der Waals surface area contributed by atoms with Gasteiger partial charge in [-0.3, -0.25) is 0 Å². The van der Waals surface area contributed by atoms with Crippen LogP contribution < -0.4 is 4.74 Å². The van der Waals surface area contributed by atoms with Crippen LogP contribution in [0.15, 0.2) is 12.3 Å². The monoisotopic (exact) mass is 237 g/mol. The molecule has 0 atom stereocenters. The largest absolute Gasteiger partial charge is 0.472 e. The summed E-state index contributed by atoms with van der Waals surface area (Å²) in [6.07, 6.45) is 9.44.